The van der Waals surface area contributed by atoms with Crippen molar-refractivity contribution in [3.8, 4) is 0 Å². The highest BCUT2D eigenvalue weighted by atomic mass is 32.1. The van der Waals surface area contributed by atoms with Crippen molar-refractivity contribution >= 4 is 22.9 Å². The minimum atomic E-state index is 0.0576. The molecule has 0 saturated carbocycles. The molecule has 1 aliphatic rings. The fraction of sp³-hybridized carbons (Fsp3) is 0.412. The second kappa shape index (κ2) is 6.92. The highest BCUT2D eigenvalue weighted by molar-refractivity contribution is 7.12. The monoisotopic (exact) mass is 315 g/mol. The Labute approximate surface area is 135 Å². The number of pyridine rings is 1. The van der Waals surface area contributed by atoms with E-state index in [0.29, 0.717) is 5.92 Å². The Balaban J connectivity index is 1.47. The average Bonchev–Trinajstić information content (AvgIpc) is 3.08. The molecule has 3 heterocycles. The number of aryl methyl sites for hydroxylation is 1. The van der Waals surface area contributed by atoms with E-state index in [1.54, 1.807) is 0 Å². The van der Waals surface area contributed by atoms with Gasteiger partial charge in [0.1, 0.15) is 0 Å². The maximum Gasteiger partial charge on any atom is 0.261 e. The van der Waals surface area contributed by atoms with E-state index in [1.165, 1.54) is 17.0 Å². The van der Waals surface area contributed by atoms with Crippen molar-refractivity contribution in [2.45, 2.75) is 19.8 Å². The quantitative estimate of drug-likeness (QED) is 0.943. The van der Waals surface area contributed by atoms with E-state index >= 15 is 0 Å². The first kappa shape index (κ1) is 15.0. The first-order valence-electron chi connectivity index (χ1n) is 7.71. The van der Waals surface area contributed by atoms with Gasteiger partial charge in [-0.25, -0.2) is 0 Å². The number of hydrogen-bond donors (Lipinski definition) is 1. The van der Waals surface area contributed by atoms with Crippen molar-refractivity contribution in [2.75, 3.05) is 24.5 Å². The summed E-state index contributed by atoms with van der Waals surface area (Å²) in [5, 5.41) is 5.00. The molecule has 1 amide bonds. The average molecular weight is 315 g/mol. The Morgan fingerprint density at radius 3 is 2.91 bits per heavy atom. The van der Waals surface area contributed by atoms with Crippen LogP contribution in [0.15, 0.2) is 35.8 Å². The lowest BCUT2D eigenvalue weighted by atomic mass is 9.96. The van der Waals surface area contributed by atoms with Gasteiger partial charge >= 0.3 is 0 Å². The van der Waals surface area contributed by atoms with Gasteiger partial charge < -0.3 is 10.2 Å². The predicted octanol–water partition coefficient (Wildman–Crippen LogP) is 3.10. The van der Waals surface area contributed by atoms with Crippen LogP contribution in [0.5, 0.6) is 0 Å². The molecular formula is C17H21N3OS. The molecular weight excluding hydrogens is 294 g/mol. The van der Waals surface area contributed by atoms with E-state index in [1.807, 2.05) is 30.6 Å². The molecule has 0 atom stereocenters. The number of amides is 1. The number of rotatable bonds is 4. The Bertz CT molecular complexity index is 619. The molecule has 2 aromatic heterocycles. The smallest absolute Gasteiger partial charge is 0.261 e. The van der Waals surface area contributed by atoms with Crippen LogP contribution in [-0.2, 0) is 0 Å². The molecule has 0 bridgehead atoms. The van der Waals surface area contributed by atoms with Crippen molar-refractivity contribution in [2.24, 2.45) is 5.92 Å². The molecule has 1 fully saturated rings. The third kappa shape index (κ3) is 3.65. The van der Waals surface area contributed by atoms with Gasteiger partial charge in [0.2, 0.25) is 0 Å². The van der Waals surface area contributed by atoms with E-state index < -0.39 is 0 Å². The number of nitrogens with one attached hydrogen (secondary N) is 1. The Morgan fingerprint density at radius 1 is 1.41 bits per heavy atom. The summed E-state index contributed by atoms with van der Waals surface area (Å²) in [4.78, 5) is 19.4. The fourth-order valence-electron chi connectivity index (χ4n) is 2.85. The Morgan fingerprint density at radius 2 is 2.23 bits per heavy atom. The van der Waals surface area contributed by atoms with E-state index in [9.17, 15) is 4.79 Å². The van der Waals surface area contributed by atoms with E-state index in [0.717, 1.165) is 43.0 Å². The molecule has 1 N–H and O–H groups in total. The van der Waals surface area contributed by atoms with Crippen molar-refractivity contribution < 1.29 is 4.79 Å². The van der Waals surface area contributed by atoms with E-state index in [4.69, 9.17) is 0 Å². The zero-order valence-electron chi connectivity index (χ0n) is 12.8. The van der Waals surface area contributed by atoms with Crippen LogP contribution >= 0.6 is 11.3 Å². The van der Waals surface area contributed by atoms with Crippen molar-refractivity contribution in [1.82, 2.24) is 10.3 Å². The summed E-state index contributed by atoms with van der Waals surface area (Å²) < 4.78 is 0. The standard InChI is InChI=1S/C17H21N3OS/c1-13-11-15(4-7-18-13)20-8-5-14(6-9-20)12-19-17(21)16-3-2-10-22-16/h2-4,7,10-11,14H,5-6,8-9,12H2,1H3,(H,19,21). The van der Waals surface area contributed by atoms with Crippen molar-refractivity contribution in [3.05, 3.63) is 46.4 Å². The zero-order valence-corrected chi connectivity index (χ0v) is 13.6. The maximum atomic E-state index is 12.0. The number of aromatic nitrogens is 1. The lowest BCUT2D eigenvalue weighted by Crippen LogP contribution is -2.38. The molecule has 0 radical (unpaired) electrons. The van der Waals surface area contributed by atoms with Crippen LogP contribution in [0.3, 0.4) is 0 Å². The Hall–Kier alpha value is -1.88. The number of thiophene rings is 1. The summed E-state index contributed by atoms with van der Waals surface area (Å²) in [5.74, 6) is 0.630. The van der Waals surface area contributed by atoms with Crippen molar-refractivity contribution in [3.63, 3.8) is 0 Å². The van der Waals surface area contributed by atoms with Crippen LogP contribution in [-0.4, -0.2) is 30.5 Å². The van der Waals surface area contributed by atoms with Gasteiger partial charge in [0, 0.05) is 37.2 Å². The van der Waals surface area contributed by atoms with Crippen LogP contribution in [0.25, 0.3) is 0 Å². The zero-order chi connectivity index (χ0) is 15.4. The minimum absolute atomic E-state index is 0.0576. The normalized spacial score (nSPS) is 15.8. The second-order valence-electron chi connectivity index (χ2n) is 5.77. The van der Waals surface area contributed by atoms with Crippen LogP contribution in [0.2, 0.25) is 0 Å². The summed E-state index contributed by atoms with van der Waals surface area (Å²) in [6, 6.07) is 7.99. The van der Waals surface area contributed by atoms with Gasteiger partial charge in [0.25, 0.3) is 5.91 Å². The van der Waals surface area contributed by atoms with Gasteiger partial charge in [0.15, 0.2) is 0 Å². The summed E-state index contributed by atoms with van der Waals surface area (Å²) in [6.45, 7) is 4.89. The van der Waals surface area contributed by atoms with E-state index in [2.05, 4.69) is 27.3 Å². The molecule has 116 valence electrons. The summed E-state index contributed by atoms with van der Waals surface area (Å²) in [7, 11) is 0. The highest BCUT2D eigenvalue weighted by Crippen LogP contribution is 2.23. The molecule has 0 unspecified atom stereocenters. The molecule has 1 saturated heterocycles. The first-order valence-corrected chi connectivity index (χ1v) is 8.59. The molecule has 5 heteroatoms. The summed E-state index contributed by atoms with van der Waals surface area (Å²) in [5.41, 5.74) is 2.32. The Kier molecular flexibility index (Phi) is 4.73. The number of piperidine rings is 1. The lowest BCUT2D eigenvalue weighted by Gasteiger charge is -2.33. The van der Waals surface area contributed by atoms with E-state index in [-0.39, 0.29) is 5.91 Å². The molecule has 3 rings (SSSR count). The third-order valence-corrected chi connectivity index (χ3v) is 5.02. The molecule has 0 spiro atoms. The highest BCUT2D eigenvalue weighted by Gasteiger charge is 2.20. The predicted molar refractivity (Wildman–Crippen MR) is 90.6 cm³/mol. The summed E-state index contributed by atoms with van der Waals surface area (Å²) >= 11 is 1.49. The van der Waals surface area contributed by atoms with Gasteiger partial charge in [-0.1, -0.05) is 6.07 Å². The van der Waals surface area contributed by atoms with Gasteiger partial charge in [0.05, 0.1) is 4.88 Å². The van der Waals surface area contributed by atoms with Gasteiger partial charge in [-0.2, -0.15) is 0 Å². The molecule has 22 heavy (non-hydrogen) atoms. The SMILES string of the molecule is Cc1cc(N2CCC(CNC(=O)c3cccs3)CC2)ccn1. The lowest BCUT2D eigenvalue weighted by molar-refractivity contribution is 0.0949. The number of hydrogen-bond acceptors (Lipinski definition) is 4. The number of nitrogens with zero attached hydrogens (tertiary/aromatic N) is 2. The van der Waals surface area contributed by atoms with Crippen LogP contribution in [0, 0.1) is 12.8 Å². The fourth-order valence-corrected chi connectivity index (χ4v) is 3.49. The van der Waals surface area contributed by atoms with Gasteiger partial charge in [-0.3, -0.25) is 9.78 Å². The number of anilines is 1. The maximum absolute atomic E-state index is 12.0. The summed E-state index contributed by atoms with van der Waals surface area (Å²) in [6.07, 6.45) is 4.11. The van der Waals surface area contributed by atoms with Gasteiger partial charge in [-0.05, 0) is 49.3 Å². The molecule has 4 nitrogen and oxygen atoms in total. The topological polar surface area (TPSA) is 45.2 Å². The first-order chi connectivity index (χ1) is 10.7. The molecule has 2 aromatic rings. The third-order valence-electron chi connectivity index (χ3n) is 4.16. The molecule has 0 aromatic carbocycles. The second-order valence-corrected chi connectivity index (χ2v) is 6.72. The minimum Gasteiger partial charge on any atom is -0.371 e. The van der Waals surface area contributed by atoms with Crippen LogP contribution in [0.1, 0.15) is 28.2 Å². The largest absolute Gasteiger partial charge is 0.371 e. The van der Waals surface area contributed by atoms with Crippen LogP contribution in [0.4, 0.5) is 5.69 Å². The van der Waals surface area contributed by atoms with Crippen LogP contribution < -0.4 is 10.2 Å². The van der Waals surface area contributed by atoms with Gasteiger partial charge in [-0.15, -0.1) is 11.3 Å². The number of carbonyl (C=O) groups excluding carboxylic acids is 1. The molecule has 1 aliphatic heterocycles. The number of carbonyl (C=O) groups is 1. The van der Waals surface area contributed by atoms with Crippen molar-refractivity contribution in [1.29, 1.82) is 0 Å². The molecule has 0 aliphatic carbocycles.